The van der Waals surface area contributed by atoms with E-state index < -0.39 is 0 Å². The molecule has 146 valence electrons. The Bertz CT molecular complexity index is 1190. The van der Waals surface area contributed by atoms with Crippen molar-refractivity contribution in [1.29, 1.82) is 0 Å². The monoisotopic (exact) mass is 386 g/mol. The van der Waals surface area contributed by atoms with Crippen LogP contribution in [0.25, 0.3) is 11.0 Å². The second-order valence-electron chi connectivity index (χ2n) is 7.62. The highest BCUT2D eigenvalue weighted by Gasteiger charge is 2.33. The summed E-state index contributed by atoms with van der Waals surface area (Å²) in [6.07, 6.45) is 0.815. The molecule has 1 aliphatic rings. The van der Waals surface area contributed by atoms with Gasteiger partial charge in [0.15, 0.2) is 11.6 Å². The number of para-hydroxylation sites is 1. The molecule has 0 fully saturated rings. The Morgan fingerprint density at radius 1 is 1.07 bits per heavy atom. The normalized spacial score (nSPS) is 16.2. The Kier molecular flexibility index (Phi) is 4.19. The summed E-state index contributed by atoms with van der Waals surface area (Å²) in [5, 5.41) is 9.57. The van der Waals surface area contributed by atoms with Crippen molar-refractivity contribution in [2.24, 2.45) is 0 Å². The van der Waals surface area contributed by atoms with Crippen LogP contribution in [0.1, 0.15) is 39.4 Å². The summed E-state index contributed by atoms with van der Waals surface area (Å²) in [5.74, 6) is 2.02. The first kappa shape index (κ1) is 17.7. The minimum atomic E-state index is -0.0938. The SMILES string of the molecule is Cc1c(C(=O)N2Cc3nnc(C)n3[C@H](Cc3ccccc3)C2)oc2ccccc12. The van der Waals surface area contributed by atoms with E-state index in [1.807, 2.05) is 61.2 Å². The third-order valence-corrected chi connectivity index (χ3v) is 5.70. The molecule has 2 aromatic heterocycles. The minimum Gasteiger partial charge on any atom is -0.451 e. The van der Waals surface area contributed by atoms with Crippen molar-refractivity contribution in [3.63, 3.8) is 0 Å². The first-order valence-electron chi connectivity index (χ1n) is 9.83. The number of carbonyl (C=O) groups is 1. The third-order valence-electron chi connectivity index (χ3n) is 5.70. The number of carbonyl (C=O) groups excluding carboxylic acids is 1. The minimum absolute atomic E-state index is 0.0878. The van der Waals surface area contributed by atoms with Gasteiger partial charge >= 0.3 is 0 Å². The van der Waals surface area contributed by atoms with Crippen molar-refractivity contribution < 1.29 is 9.21 Å². The summed E-state index contributed by atoms with van der Waals surface area (Å²) < 4.78 is 8.10. The van der Waals surface area contributed by atoms with Gasteiger partial charge in [-0.2, -0.15) is 0 Å². The van der Waals surface area contributed by atoms with E-state index in [-0.39, 0.29) is 11.9 Å². The molecule has 1 atom stereocenters. The Labute approximate surface area is 168 Å². The lowest BCUT2D eigenvalue weighted by Crippen LogP contribution is -2.42. The zero-order chi connectivity index (χ0) is 20.0. The van der Waals surface area contributed by atoms with Crippen LogP contribution in [-0.4, -0.2) is 32.1 Å². The van der Waals surface area contributed by atoms with Crippen molar-refractivity contribution in [1.82, 2.24) is 19.7 Å². The number of aromatic nitrogens is 3. The van der Waals surface area contributed by atoms with Crippen LogP contribution in [-0.2, 0) is 13.0 Å². The molecular weight excluding hydrogens is 364 g/mol. The van der Waals surface area contributed by atoms with E-state index in [0.29, 0.717) is 18.8 Å². The standard InChI is InChI=1S/C23H22N4O2/c1-15-19-10-6-7-11-20(19)29-22(15)23(28)26-13-18(12-17-8-4-3-5-9-17)27-16(2)24-25-21(27)14-26/h3-11,18H,12-14H2,1-2H3/t18-/m1/s1. The van der Waals surface area contributed by atoms with Crippen LogP contribution in [0.3, 0.4) is 0 Å². The number of furan rings is 1. The predicted molar refractivity (Wildman–Crippen MR) is 110 cm³/mol. The largest absolute Gasteiger partial charge is 0.451 e. The van der Waals surface area contributed by atoms with E-state index in [2.05, 4.69) is 26.9 Å². The zero-order valence-corrected chi connectivity index (χ0v) is 16.5. The lowest BCUT2D eigenvalue weighted by Gasteiger charge is -2.34. The third kappa shape index (κ3) is 3.01. The molecule has 29 heavy (non-hydrogen) atoms. The molecule has 1 aliphatic heterocycles. The van der Waals surface area contributed by atoms with Gasteiger partial charge in [0.05, 0.1) is 12.6 Å². The number of nitrogens with zero attached hydrogens (tertiary/aromatic N) is 4. The van der Waals surface area contributed by atoms with Gasteiger partial charge in [-0.05, 0) is 31.9 Å². The molecule has 6 nitrogen and oxygen atoms in total. The lowest BCUT2D eigenvalue weighted by atomic mass is 10.0. The first-order chi connectivity index (χ1) is 14.1. The van der Waals surface area contributed by atoms with E-state index in [9.17, 15) is 4.79 Å². The molecule has 5 rings (SSSR count). The average molecular weight is 386 g/mol. The van der Waals surface area contributed by atoms with Gasteiger partial charge in [-0.3, -0.25) is 4.79 Å². The maximum atomic E-state index is 13.4. The molecule has 0 spiro atoms. The average Bonchev–Trinajstić information content (AvgIpc) is 3.29. The number of hydrogen-bond acceptors (Lipinski definition) is 4. The van der Waals surface area contributed by atoms with Crippen molar-refractivity contribution in [3.05, 3.63) is 83.1 Å². The maximum Gasteiger partial charge on any atom is 0.290 e. The Morgan fingerprint density at radius 2 is 1.83 bits per heavy atom. The molecule has 6 heteroatoms. The zero-order valence-electron chi connectivity index (χ0n) is 16.5. The highest BCUT2D eigenvalue weighted by molar-refractivity contribution is 5.98. The van der Waals surface area contributed by atoms with Crippen LogP contribution < -0.4 is 0 Å². The highest BCUT2D eigenvalue weighted by atomic mass is 16.3. The quantitative estimate of drug-likeness (QED) is 0.532. The number of amides is 1. The number of rotatable bonds is 3. The van der Waals surface area contributed by atoms with Crippen molar-refractivity contribution in [2.45, 2.75) is 32.9 Å². The topological polar surface area (TPSA) is 64.2 Å². The molecular formula is C23H22N4O2. The van der Waals surface area contributed by atoms with Crippen LogP contribution in [0.4, 0.5) is 0 Å². The number of aryl methyl sites for hydroxylation is 2. The molecule has 0 unspecified atom stereocenters. The molecule has 0 saturated heterocycles. The smallest absolute Gasteiger partial charge is 0.290 e. The fourth-order valence-corrected chi connectivity index (χ4v) is 4.29. The van der Waals surface area contributed by atoms with Gasteiger partial charge in [0.2, 0.25) is 0 Å². The van der Waals surface area contributed by atoms with Gasteiger partial charge in [0.1, 0.15) is 11.4 Å². The fraction of sp³-hybridized carbons (Fsp3) is 0.261. The Balaban J connectivity index is 1.49. The molecule has 0 radical (unpaired) electrons. The molecule has 0 bridgehead atoms. The van der Waals surface area contributed by atoms with Crippen LogP contribution in [0.15, 0.2) is 59.0 Å². The summed E-state index contributed by atoms with van der Waals surface area (Å²) >= 11 is 0. The van der Waals surface area contributed by atoms with Crippen LogP contribution in [0.2, 0.25) is 0 Å². The van der Waals surface area contributed by atoms with E-state index in [4.69, 9.17) is 4.42 Å². The van der Waals surface area contributed by atoms with Gasteiger partial charge in [0, 0.05) is 17.5 Å². The Hall–Kier alpha value is -3.41. The van der Waals surface area contributed by atoms with Crippen molar-refractivity contribution in [3.8, 4) is 0 Å². The van der Waals surface area contributed by atoms with Gasteiger partial charge in [-0.25, -0.2) is 0 Å². The molecule has 1 amide bonds. The van der Waals surface area contributed by atoms with E-state index >= 15 is 0 Å². The number of fused-ring (bicyclic) bond motifs is 2. The second-order valence-corrected chi connectivity index (χ2v) is 7.62. The molecule has 0 saturated carbocycles. The first-order valence-corrected chi connectivity index (χ1v) is 9.83. The lowest BCUT2D eigenvalue weighted by molar-refractivity contribution is 0.0641. The predicted octanol–water partition coefficient (Wildman–Crippen LogP) is 4.08. The summed E-state index contributed by atoms with van der Waals surface area (Å²) in [7, 11) is 0. The van der Waals surface area contributed by atoms with Gasteiger partial charge < -0.3 is 13.9 Å². The summed E-state index contributed by atoms with van der Waals surface area (Å²) in [4.78, 5) is 15.2. The molecule has 3 heterocycles. The number of hydrogen-bond donors (Lipinski definition) is 0. The molecule has 4 aromatic rings. The van der Waals surface area contributed by atoms with Gasteiger partial charge in [-0.1, -0.05) is 48.5 Å². The van der Waals surface area contributed by atoms with Crippen LogP contribution in [0, 0.1) is 13.8 Å². The summed E-state index contributed by atoms with van der Waals surface area (Å²) in [6.45, 7) is 4.93. The molecule has 2 aromatic carbocycles. The highest BCUT2D eigenvalue weighted by Crippen LogP contribution is 2.30. The Morgan fingerprint density at radius 3 is 2.62 bits per heavy atom. The van der Waals surface area contributed by atoms with Crippen molar-refractivity contribution in [2.75, 3.05) is 6.54 Å². The maximum absolute atomic E-state index is 13.4. The summed E-state index contributed by atoms with van der Waals surface area (Å²) in [6, 6.07) is 18.2. The molecule has 0 N–H and O–H groups in total. The molecule has 0 aliphatic carbocycles. The van der Waals surface area contributed by atoms with Crippen LogP contribution >= 0.6 is 0 Å². The van der Waals surface area contributed by atoms with E-state index in [0.717, 1.165) is 34.6 Å². The van der Waals surface area contributed by atoms with Gasteiger partial charge in [-0.15, -0.1) is 10.2 Å². The van der Waals surface area contributed by atoms with Crippen molar-refractivity contribution >= 4 is 16.9 Å². The second kappa shape index (κ2) is 6.88. The van der Waals surface area contributed by atoms with Gasteiger partial charge in [0.25, 0.3) is 5.91 Å². The summed E-state index contributed by atoms with van der Waals surface area (Å²) in [5.41, 5.74) is 2.85. The fourth-order valence-electron chi connectivity index (χ4n) is 4.29. The van der Waals surface area contributed by atoms with E-state index in [1.165, 1.54) is 5.56 Å². The number of benzene rings is 2. The van der Waals surface area contributed by atoms with E-state index in [1.54, 1.807) is 0 Å². The van der Waals surface area contributed by atoms with Crippen LogP contribution in [0.5, 0.6) is 0 Å².